The minimum atomic E-state index is 0.172. The van der Waals surface area contributed by atoms with Crippen LogP contribution in [0.15, 0.2) is 24.3 Å². The van der Waals surface area contributed by atoms with E-state index in [2.05, 4.69) is 48.7 Å². The van der Waals surface area contributed by atoms with Gasteiger partial charge in [-0.25, -0.2) is 0 Å². The molecule has 3 rings (SSSR count). The van der Waals surface area contributed by atoms with Crippen molar-refractivity contribution in [2.45, 2.75) is 45.2 Å². The van der Waals surface area contributed by atoms with Gasteiger partial charge in [-0.1, -0.05) is 18.2 Å². The Labute approximate surface area is 129 Å². The Hall–Kier alpha value is -1.39. The molecule has 0 saturated heterocycles. The van der Waals surface area contributed by atoms with E-state index in [1.165, 1.54) is 20.5 Å². The van der Waals surface area contributed by atoms with Crippen LogP contribution in [0.2, 0.25) is 0 Å². The van der Waals surface area contributed by atoms with Crippen LogP contribution in [0.25, 0.3) is 10.1 Å². The van der Waals surface area contributed by atoms with E-state index in [1.807, 2.05) is 11.3 Å². The summed E-state index contributed by atoms with van der Waals surface area (Å²) in [6.45, 7) is 5.09. The Bertz CT molecular complexity index is 645. The van der Waals surface area contributed by atoms with E-state index in [0.29, 0.717) is 12.5 Å². The molecule has 1 atom stereocenters. The first-order valence-electron chi connectivity index (χ1n) is 7.66. The Balaban J connectivity index is 1.57. The SMILES string of the molecule is Cc1c(C(C)NCCC(=O)NC2CC2)sc2ccccc12. The Morgan fingerprint density at radius 1 is 1.38 bits per heavy atom. The molecule has 1 amide bonds. The second-order valence-corrected chi connectivity index (χ2v) is 6.94. The van der Waals surface area contributed by atoms with Gasteiger partial charge < -0.3 is 10.6 Å². The van der Waals surface area contributed by atoms with E-state index in [1.54, 1.807) is 0 Å². The number of fused-ring (bicyclic) bond motifs is 1. The lowest BCUT2D eigenvalue weighted by atomic mass is 10.1. The second kappa shape index (κ2) is 6.16. The molecule has 1 fully saturated rings. The Kier molecular flexibility index (Phi) is 4.27. The van der Waals surface area contributed by atoms with Gasteiger partial charge in [0.15, 0.2) is 0 Å². The molecule has 1 heterocycles. The van der Waals surface area contributed by atoms with Crippen molar-refractivity contribution in [3.8, 4) is 0 Å². The van der Waals surface area contributed by atoms with Gasteiger partial charge in [0.1, 0.15) is 0 Å². The van der Waals surface area contributed by atoms with Crippen LogP contribution in [0, 0.1) is 6.92 Å². The number of benzene rings is 1. The first kappa shape index (κ1) is 14.5. The highest BCUT2D eigenvalue weighted by Gasteiger charge is 2.23. The summed E-state index contributed by atoms with van der Waals surface area (Å²) >= 11 is 1.85. The van der Waals surface area contributed by atoms with Crippen molar-refractivity contribution < 1.29 is 4.79 Å². The van der Waals surface area contributed by atoms with Gasteiger partial charge in [0.25, 0.3) is 0 Å². The molecule has 2 N–H and O–H groups in total. The van der Waals surface area contributed by atoms with E-state index in [-0.39, 0.29) is 11.9 Å². The molecule has 4 heteroatoms. The van der Waals surface area contributed by atoms with E-state index in [0.717, 1.165) is 19.4 Å². The number of rotatable bonds is 6. The summed E-state index contributed by atoms with van der Waals surface area (Å²) in [4.78, 5) is 13.0. The third-order valence-corrected chi connectivity index (χ3v) is 5.47. The largest absolute Gasteiger partial charge is 0.353 e. The molecule has 1 saturated carbocycles. The van der Waals surface area contributed by atoms with Crippen LogP contribution in [0.5, 0.6) is 0 Å². The molecule has 0 aliphatic heterocycles. The van der Waals surface area contributed by atoms with Gasteiger partial charge in [-0.15, -0.1) is 11.3 Å². The van der Waals surface area contributed by atoms with Gasteiger partial charge in [0, 0.05) is 34.6 Å². The van der Waals surface area contributed by atoms with Crippen molar-refractivity contribution >= 4 is 27.3 Å². The topological polar surface area (TPSA) is 41.1 Å². The van der Waals surface area contributed by atoms with Crippen molar-refractivity contribution in [2.75, 3.05) is 6.54 Å². The lowest BCUT2D eigenvalue weighted by molar-refractivity contribution is -0.121. The quantitative estimate of drug-likeness (QED) is 0.857. The Morgan fingerprint density at radius 2 is 2.14 bits per heavy atom. The third kappa shape index (κ3) is 3.44. The molecule has 1 aromatic heterocycles. The maximum absolute atomic E-state index is 11.7. The Morgan fingerprint density at radius 3 is 2.86 bits per heavy atom. The van der Waals surface area contributed by atoms with Crippen LogP contribution in [0.4, 0.5) is 0 Å². The molecule has 1 aromatic carbocycles. The molecule has 0 radical (unpaired) electrons. The molecular weight excluding hydrogens is 280 g/mol. The summed E-state index contributed by atoms with van der Waals surface area (Å²) in [5.41, 5.74) is 1.36. The van der Waals surface area contributed by atoms with E-state index in [4.69, 9.17) is 0 Å². The number of carbonyl (C=O) groups is 1. The molecule has 0 bridgehead atoms. The lowest BCUT2D eigenvalue weighted by Crippen LogP contribution is -2.30. The van der Waals surface area contributed by atoms with Gasteiger partial charge in [-0.2, -0.15) is 0 Å². The molecule has 1 aliphatic rings. The maximum Gasteiger partial charge on any atom is 0.221 e. The number of aryl methyl sites for hydroxylation is 1. The standard InChI is InChI=1S/C17H22N2OS/c1-11-14-5-3-4-6-15(14)21-17(11)12(2)18-10-9-16(20)19-13-7-8-13/h3-6,12-13,18H,7-10H2,1-2H3,(H,19,20). The van der Waals surface area contributed by atoms with E-state index < -0.39 is 0 Å². The van der Waals surface area contributed by atoms with Crippen LogP contribution >= 0.6 is 11.3 Å². The predicted molar refractivity (Wildman–Crippen MR) is 88.8 cm³/mol. The fraction of sp³-hybridized carbons (Fsp3) is 0.471. The van der Waals surface area contributed by atoms with Gasteiger partial charge in [0.2, 0.25) is 5.91 Å². The van der Waals surface area contributed by atoms with Gasteiger partial charge >= 0.3 is 0 Å². The van der Waals surface area contributed by atoms with Crippen molar-refractivity contribution in [1.29, 1.82) is 0 Å². The molecule has 0 spiro atoms. The van der Waals surface area contributed by atoms with Gasteiger partial charge in [-0.3, -0.25) is 4.79 Å². The number of thiophene rings is 1. The molecule has 2 aromatic rings. The first-order valence-corrected chi connectivity index (χ1v) is 8.47. The number of carbonyl (C=O) groups excluding carboxylic acids is 1. The molecular formula is C17H22N2OS. The van der Waals surface area contributed by atoms with Crippen LogP contribution in [0.3, 0.4) is 0 Å². The molecule has 21 heavy (non-hydrogen) atoms. The van der Waals surface area contributed by atoms with Crippen molar-refractivity contribution in [3.63, 3.8) is 0 Å². The highest BCUT2D eigenvalue weighted by molar-refractivity contribution is 7.19. The third-order valence-electron chi connectivity index (χ3n) is 4.02. The zero-order valence-corrected chi connectivity index (χ0v) is 13.4. The second-order valence-electron chi connectivity index (χ2n) is 5.86. The lowest BCUT2D eigenvalue weighted by Gasteiger charge is -2.13. The molecule has 1 unspecified atom stereocenters. The fourth-order valence-electron chi connectivity index (χ4n) is 2.63. The van der Waals surface area contributed by atoms with Crippen LogP contribution < -0.4 is 10.6 Å². The smallest absolute Gasteiger partial charge is 0.221 e. The van der Waals surface area contributed by atoms with E-state index >= 15 is 0 Å². The van der Waals surface area contributed by atoms with Crippen molar-refractivity contribution in [1.82, 2.24) is 10.6 Å². The minimum absolute atomic E-state index is 0.172. The molecule has 1 aliphatic carbocycles. The summed E-state index contributed by atoms with van der Waals surface area (Å²) in [6, 6.07) is 9.28. The van der Waals surface area contributed by atoms with E-state index in [9.17, 15) is 4.79 Å². The highest BCUT2D eigenvalue weighted by Crippen LogP contribution is 2.34. The van der Waals surface area contributed by atoms with Gasteiger partial charge in [-0.05, 0) is 43.7 Å². The average molecular weight is 302 g/mol. The average Bonchev–Trinajstić information content (AvgIpc) is 3.21. The maximum atomic E-state index is 11.7. The number of nitrogens with one attached hydrogen (secondary N) is 2. The predicted octanol–water partition coefficient (Wildman–Crippen LogP) is 3.53. The van der Waals surface area contributed by atoms with Crippen LogP contribution in [-0.2, 0) is 4.79 Å². The van der Waals surface area contributed by atoms with Crippen LogP contribution in [0.1, 0.15) is 42.7 Å². The van der Waals surface area contributed by atoms with Crippen LogP contribution in [-0.4, -0.2) is 18.5 Å². The van der Waals surface area contributed by atoms with Crippen molar-refractivity contribution in [2.24, 2.45) is 0 Å². The minimum Gasteiger partial charge on any atom is -0.353 e. The summed E-state index contributed by atoms with van der Waals surface area (Å²) in [7, 11) is 0. The number of hydrogen-bond donors (Lipinski definition) is 2. The van der Waals surface area contributed by atoms with Gasteiger partial charge in [0.05, 0.1) is 0 Å². The zero-order valence-electron chi connectivity index (χ0n) is 12.6. The molecule has 112 valence electrons. The van der Waals surface area contributed by atoms with Crippen molar-refractivity contribution in [3.05, 3.63) is 34.7 Å². The summed E-state index contributed by atoms with van der Waals surface area (Å²) in [5.74, 6) is 0.172. The normalized spacial score (nSPS) is 16.1. The summed E-state index contributed by atoms with van der Waals surface area (Å²) in [6.07, 6.45) is 2.86. The first-order chi connectivity index (χ1) is 10.1. The summed E-state index contributed by atoms with van der Waals surface area (Å²) < 4.78 is 1.34. The number of amides is 1. The highest BCUT2D eigenvalue weighted by atomic mass is 32.1. The number of hydrogen-bond acceptors (Lipinski definition) is 3. The molecule has 3 nitrogen and oxygen atoms in total. The fourth-order valence-corrected chi connectivity index (χ4v) is 3.87. The summed E-state index contributed by atoms with van der Waals surface area (Å²) in [5, 5.41) is 7.84. The monoisotopic (exact) mass is 302 g/mol. The zero-order chi connectivity index (χ0) is 14.8.